The Morgan fingerprint density at radius 3 is 2.87 bits per heavy atom. The van der Waals surface area contributed by atoms with Gasteiger partial charge in [-0.25, -0.2) is 9.78 Å². The van der Waals surface area contributed by atoms with Gasteiger partial charge in [0.15, 0.2) is 5.69 Å². The molecule has 1 aromatic heterocycles. The number of aromatic nitrogens is 1. The molecule has 0 unspecified atom stereocenters. The van der Waals surface area contributed by atoms with Gasteiger partial charge >= 0.3 is 5.97 Å². The fourth-order valence-electron chi connectivity index (χ4n) is 1.08. The van der Waals surface area contributed by atoms with Crippen molar-refractivity contribution in [3.8, 4) is 0 Å². The second-order valence-corrected chi connectivity index (χ2v) is 3.40. The van der Waals surface area contributed by atoms with Gasteiger partial charge < -0.3 is 15.5 Å². The maximum Gasteiger partial charge on any atom is 0.356 e. The Balaban J connectivity index is 3.31. The summed E-state index contributed by atoms with van der Waals surface area (Å²) in [6, 6.07) is 1.54. The summed E-state index contributed by atoms with van der Waals surface area (Å²) in [7, 11) is 3.00. The Morgan fingerprint density at radius 1 is 1.73 bits per heavy atom. The first kappa shape index (κ1) is 11.6. The molecule has 15 heavy (non-hydrogen) atoms. The van der Waals surface area contributed by atoms with E-state index in [1.54, 1.807) is 7.05 Å². The molecular formula is C9H10BrN3O2. The van der Waals surface area contributed by atoms with Crippen LogP contribution in [0.5, 0.6) is 0 Å². The van der Waals surface area contributed by atoms with E-state index < -0.39 is 5.97 Å². The van der Waals surface area contributed by atoms with Crippen molar-refractivity contribution in [2.75, 3.05) is 19.5 Å². The van der Waals surface area contributed by atoms with Crippen LogP contribution in [0.1, 0.15) is 16.1 Å². The van der Waals surface area contributed by atoms with Gasteiger partial charge in [0.25, 0.3) is 0 Å². The van der Waals surface area contributed by atoms with Crippen LogP contribution in [-0.2, 0) is 4.74 Å². The Hall–Kier alpha value is -1.43. The highest BCUT2D eigenvalue weighted by Gasteiger charge is 2.13. The van der Waals surface area contributed by atoms with Crippen molar-refractivity contribution in [3.63, 3.8) is 0 Å². The van der Waals surface area contributed by atoms with E-state index in [0.29, 0.717) is 15.9 Å². The van der Waals surface area contributed by atoms with Gasteiger partial charge in [0.2, 0.25) is 0 Å². The number of esters is 1. The minimum Gasteiger partial charge on any atom is -0.464 e. The highest BCUT2D eigenvalue weighted by molar-refractivity contribution is 9.10. The van der Waals surface area contributed by atoms with Gasteiger partial charge in [0.05, 0.1) is 7.11 Å². The number of hydrogen-bond acceptors (Lipinski definition) is 5. The molecule has 0 aromatic carbocycles. The Morgan fingerprint density at radius 2 is 2.40 bits per heavy atom. The van der Waals surface area contributed by atoms with Crippen molar-refractivity contribution in [1.82, 2.24) is 4.98 Å². The quantitative estimate of drug-likeness (QED) is 0.498. The van der Waals surface area contributed by atoms with Gasteiger partial charge in [-0.15, -0.1) is 0 Å². The summed E-state index contributed by atoms with van der Waals surface area (Å²) in [6.07, 6.45) is 1.16. The standard InChI is InChI=1S/C9H10BrN3O2/c1-12-6-3-7(9(14)15-2)13-8(10)5(6)4-11/h3-4,11H,1-2H3,(H,12,13). The van der Waals surface area contributed by atoms with Crippen molar-refractivity contribution >= 4 is 33.8 Å². The number of methoxy groups -OCH3 is 1. The number of ether oxygens (including phenoxy) is 1. The molecule has 80 valence electrons. The van der Waals surface area contributed by atoms with Crippen LogP contribution < -0.4 is 5.32 Å². The number of nitrogens with one attached hydrogen (secondary N) is 2. The minimum atomic E-state index is -0.510. The molecule has 0 radical (unpaired) electrons. The van der Waals surface area contributed by atoms with E-state index >= 15 is 0 Å². The number of carbonyl (C=O) groups excluding carboxylic acids is 1. The molecule has 0 atom stereocenters. The van der Waals surface area contributed by atoms with E-state index in [0.717, 1.165) is 6.21 Å². The summed E-state index contributed by atoms with van der Waals surface area (Å²) < 4.78 is 4.99. The normalized spacial score (nSPS) is 9.53. The highest BCUT2D eigenvalue weighted by Crippen LogP contribution is 2.22. The molecule has 0 spiro atoms. The van der Waals surface area contributed by atoms with Crippen molar-refractivity contribution in [2.45, 2.75) is 0 Å². The predicted molar refractivity (Wildman–Crippen MR) is 60.7 cm³/mol. The first-order valence-electron chi connectivity index (χ1n) is 4.11. The van der Waals surface area contributed by atoms with Crippen molar-refractivity contribution in [1.29, 1.82) is 5.41 Å². The maximum atomic E-state index is 11.2. The summed E-state index contributed by atoms with van der Waals surface area (Å²) >= 11 is 3.19. The van der Waals surface area contributed by atoms with E-state index in [9.17, 15) is 4.79 Å². The third kappa shape index (κ3) is 2.33. The molecule has 0 aliphatic rings. The molecule has 5 nitrogen and oxygen atoms in total. The second-order valence-electron chi connectivity index (χ2n) is 2.65. The zero-order valence-electron chi connectivity index (χ0n) is 8.30. The molecule has 0 aliphatic heterocycles. The minimum absolute atomic E-state index is 0.194. The first-order valence-corrected chi connectivity index (χ1v) is 4.90. The Bertz CT molecular complexity index is 407. The molecule has 6 heteroatoms. The van der Waals surface area contributed by atoms with Gasteiger partial charge in [-0.05, 0) is 22.0 Å². The fraction of sp³-hybridized carbons (Fsp3) is 0.222. The lowest BCUT2D eigenvalue weighted by atomic mass is 10.2. The molecule has 0 fully saturated rings. The third-order valence-corrected chi connectivity index (χ3v) is 2.42. The Kier molecular flexibility index (Phi) is 3.79. The summed E-state index contributed by atoms with van der Waals surface area (Å²) in [5.74, 6) is -0.510. The smallest absolute Gasteiger partial charge is 0.356 e. The van der Waals surface area contributed by atoms with Gasteiger partial charge in [-0.1, -0.05) is 0 Å². The fourth-order valence-corrected chi connectivity index (χ4v) is 1.60. The van der Waals surface area contributed by atoms with E-state index in [1.165, 1.54) is 13.2 Å². The Labute approximate surface area is 95.5 Å². The van der Waals surface area contributed by atoms with Crippen molar-refractivity contribution in [2.24, 2.45) is 0 Å². The second kappa shape index (κ2) is 4.88. The zero-order valence-corrected chi connectivity index (χ0v) is 9.88. The molecule has 0 bridgehead atoms. The van der Waals surface area contributed by atoms with Crippen molar-refractivity contribution < 1.29 is 9.53 Å². The van der Waals surface area contributed by atoms with Gasteiger partial charge in [0, 0.05) is 24.5 Å². The number of pyridine rings is 1. The SMILES string of the molecule is CNc1cc(C(=O)OC)nc(Br)c1C=N. The van der Waals surface area contributed by atoms with Crippen LogP contribution in [0.2, 0.25) is 0 Å². The predicted octanol–water partition coefficient (Wildman–Crippen LogP) is 1.67. The first-order chi connectivity index (χ1) is 7.13. The average Bonchev–Trinajstić information content (AvgIpc) is 2.26. The number of carbonyl (C=O) groups is 1. The summed E-state index contributed by atoms with van der Waals surface area (Å²) in [5, 5.41) is 10.1. The lowest BCUT2D eigenvalue weighted by Crippen LogP contribution is -2.08. The zero-order chi connectivity index (χ0) is 11.4. The van der Waals surface area contributed by atoms with Crippen LogP contribution in [0.3, 0.4) is 0 Å². The van der Waals surface area contributed by atoms with E-state index in [2.05, 4.69) is 31.0 Å². The number of rotatable bonds is 3. The molecule has 0 saturated heterocycles. The molecule has 0 saturated carbocycles. The van der Waals surface area contributed by atoms with Gasteiger partial charge in [-0.3, -0.25) is 0 Å². The van der Waals surface area contributed by atoms with Crippen LogP contribution in [-0.4, -0.2) is 31.3 Å². The van der Waals surface area contributed by atoms with E-state index in [-0.39, 0.29) is 5.69 Å². The van der Waals surface area contributed by atoms with Crippen molar-refractivity contribution in [3.05, 3.63) is 21.9 Å². The molecule has 1 aromatic rings. The van der Waals surface area contributed by atoms with Gasteiger partial charge in [-0.2, -0.15) is 0 Å². The molecule has 2 N–H and O–H groups in total. The van der Waals surface area contributed by atoms with E-state index in [1.807, 2.05) is 0 Å². The number of hydrogen-bond donors (Lipinski definition) is 2. The summed E-state index contributed by atoms with van der Waals surface area (Å²) in [5.41, 5.74) is 1.43. The lowest BCUT2D eigenvalue weighted by Gasteiger charge is -2.08. The average molecular weight is 272 g/mol. The number of halogens is 1. The van der Waals surface area contributed by atoms with Crippen LogP contribution in [0, 0.1) is 5.41 Å². The molecule has 1 heterocycles. The van der Waals surface area contributed by atoms with Gasteiger partial charge in [0.1, 0.15) is 4.60 Å². The summed E-state index contributed by atoms with van der Waals surface area (Å²) in [4.78, 5) is 15.2. The molecule has 0 amide bonds. The monoisotopic (exact) mass is 271 g/mol. The highest BCUT2D eigenvalue weighted by atomic mass is 79.9. The molecular weight excluding hydrogens is 262 g/mol. The number of anilines is 1. The number of nitrogens with zero attached hydrogens (tertiary/aromatic N) is 1. The summed E-state index contributed by atoms with van der Waals surface area (Å²) in [6.45, 7) is 0. The van der Waals surface area contributed by atoms with Crippen LogP contribution in [0.4, 0.5) is 5.69 Å². The van der Waals surface area contributed by atoms with Crippen LogP contribution in [0.25, 0.3) is 0 Å². The molecule has 1 rings (SSSR count). The van der Waals surface area contributed by atoms with Crippen LogP contribution in [0.15, 0.2) is 10.7 Å². The van der Waals surface area contributed by atoms with E-state index in [4.69, 9.17) is 5.41 Å². The van der Waals surface area contributed by atoms with Crippen LogP contribution >= 0.6 is 15.9 Å². The topological polar surface area (TPSA) is 75.1 Å². The largest absolute Gasteiger partial charge is 0.464 e. The molecule has 0 aliphatic carbocycles. The third-order valence-electron chi connectivity index (χ3n) is 1.82. The lowest BCUT2D eigenvalue weighted by molar-refractivity contribution is 0.0594. The maximum absolute atomic E-state index is 11.2.